The Kier molecular flexibility index (Phi) is 9.47. The Hall–Kier alpha value is -3.45. The van der Waals surface area contributed by atoms with E-state index in [2.05, 4.69) is 42.5 Å². The van der Waals surface area contributed by atoms with E-state index in [-0.39, 0.29) is 16.3 Å². The van der Waals surface area contributed by atoms with Gasteiger partial charge in [0.15, 0.2) is 23.1 Å². The molecule has 1 saturated heterocycles. The van der Waals surface area contributed by atoms with Gasteiger partial charge >= 0.3 is 0 Å². The lowest BCUT2D eigenvalue weighted by Gasteiger charge is -2.32. The third kappa shape index (κ3) is 7.12. The molecule has 0 aliphatic carbocycles. The minimum absolute atomic E-state index is 0.0429. The van der Waals surface area contributed by atoms with Gasteiger partial charge < -0.3 is 24.0 Å². The molecule has 9 nitrogen and oxygen atoms in total. The van der Waals surface area contributed by atoms with Crippen molar-refractivity contribution < 1.29 is 27.0 Å². The van der Waals surface area contributed by atoms with Crippen molar-refractivity contribution in [1.29, 1.82) is 0 Å². The summed E-state index contributed by atoms with van der Waals surface area (Å²) in [5.41, 5.74) is 0.659. The molecule has 222 valence electrons. The number of pyridine rings is 1. The second-order valence-corrected chi connectivity index (χ2v) is 12.5. The molecule has 0 unspecified atom stereocenters. The number of likely N-dealkylation sites (N-methyl/N-ethyl adjacent to an activating group) is 1. The van der Waals surface area contributed by atoms with Crippen LogP contribution in [0.15, 0.2) is 76.2 Å². The van der Waals surface area contributed by atoms with Gasteiger partial charge in [0.05, 0.1) is 24.9 Å². The molecule has 1 fully saturated rings. The number of anilines is 1. The molecule has 0 spiro atoms. The van der Waals surface area contributed by atoms with Crippen LogP contribution in [0, 0.1) is 5.82 Å². The Morgan fingerprint density at radius 1 is 0.976 bits per heavy atom. The third-order valence-corrected chi connectivity index (χ3v) is 9.38. The molecule has 1 aliphatic rings. The smallest absolute Gasteiger partial charge is 0.263 e. The van der Waals surface area contributed by atoms with Gasteiger partial charge in [0.25, 0.3) is 10.0 Å². The molecular weight excluding hydrogens is 627 g/mol. The maximum Gasteiger partial charge on any atom is 0.263 e. The van der Waals surface area contributed by atoms with Gasteiger partial charge in [-0.3, -0.25) is 9.71 Å². The molecule has 4 aromatic rings. The van der Waals surface area contributed by atoms with Crippen molar-refractivity contribution in [2.45, 2.75) is 11.3 Å². The Bertz CT molecular complexity index is 1670. The van der Waals surface area contributed by atoms with Gasteiger partial charge in [-0.1, -0.05) is 12.1 Å². The fraction of sp³-hybridized carbons (Fsp3) is 0.300. The molecule has 0 saturated carbocycles. The van der Waals surface area contributed by atoms with Crippen molar-refractivity contribution in [3.05, 3.63) is 77.2 Å². The molecule has 0 atom stereocenters. The monoisotopic (exact) mass is 658 g/mol. The van der Waals surface area contributed by atoms with Crippen LogP contribution in [-0.2, 0) is 10.0 Å². The molecule has 42 heavy (non-hydrogen) atoms. The highest BCUT2D eigenvalue weighted by Crippen LogP contribution is 2.38. The number of nitrogens with one attached hydrogen (secondary N) is 1. The van der Waals surface area contributed by atoms with Crippen LogP contribution < -0.4 is 18.9 Å². The highest BCUT2D eigenvalue weighted by Gasteiger charge is 2.19. The molecule has 0 radical (unpaired) electrons. The van der Waals surface area contributed by atoms with Crippen molar-refractivity contribution in [1.82, 2.24) is 14.8 Å². The van der Waals surface area contributed by atoms with Crippen molar-refractivity contribution in [3.63, 3.8) is 0 Å². The second-order valence-electron chi connectivity index (χ2n) is 9.96. The van der Waals surface area contributed by atoms with Crippen LogP contribution in [0.4, 0.5) is 10.1 Å². The number of rotatable bonds is 11. The van der Waals surface area contributed by atoms with Gasteiger partial charge in [-0.25, -0.2) is 12.8 Å². The summed E-state index contributed by atoms with van der Waals surface area (Å²) in [7, 11) is -0.232. The van der Waals surface area contributed by atoms with Gasteiger partial charge in [0, 0.05) is 60.9 Å². The number of nitrogens with zero attached hydrogens (tertiary/aromatic N) is 3. The molecule has 5 rings (SSSR count). The van der Waals surface area contributed by atoms with E-state index in [0.717, 1.165) is 45.2 Å². The van der Waals surface area contributed by atoms with Gasteiger partial charge in [-0.2, -0.15) is 0 Å². The molecular formula is C30H32BrFN4O5S. The van der Waals surface area contributed by atoms with Gasteiger partial charge in [-0.15, -0.1) is 0 Å². The molecule has 2 heterocycles. The van der Waals surface area contributed by atoms with Gasteiger partial charge in [0.1, 0.15) is 10.6 Å². The Balaban J connectivity index is 1.28. The molecule has 1 aromatic heterocycles. The molecule has 12 heteroatoms. The van der Waals surface area contributed by atoms with Crippen molar-refractivity contribution in [2.24, 2.45) is 0 Å². The highest BCUT2D eigenvalue weighted by atomic mass is 79.9. The number of fused-ring (bicyclic) bond motifs is 1. The van der Waals surface area contributed by atoms with E-state index < -0.39 is 15.8 Å². The van der Waals surface area contributed by atoms with Crippen molar-refractivity contribution >= 4 is 42.5 Å². The van der Waals surface area contributed by atoms with E-state index in [9.17, 15) is 8.42 Å². The molecule has 3 aromatic carbocycles. The number of methoxy groups -OCH3 is 1. The van der Waals surface area contributed by atoms with Crippen LogP contribution in [0.5, 0.6) is 23.0 Å². The van der Waals surface area contributed by atoms with E-state index >= 15 is 4.39 Å². The largest absolute Gasteiger partial charge is 0.493 e. The van der Waals surface area contributed by atoms with Gasteiger partial charge in [-0.05, 0) is 65.8 Å². The van der Waals surface area contributed by atoms with Gasteiger partial charge in [0.2, 0.25) is 0 Å². The number of hydrogen-bond donors (Lipinski definition) is 1. The first kappa shape index (κ1) is 30.0. The molecule has 1 aliphatic heterocycles. The SMILES string of the molecule is COc1cc2c(Oc3ccc(NS(=O)(=O)c4ccccc4Br)cc3F)ccnc2cc1OCCCN1CCN(C)CC1. The fourth-order valence-corrected chi connectivity index (χ4v) is 6.72. The van der Waals surface area contributed by atoms with E-state index in [4.69, 9.17) is 14.2 Å². The summed E-state index contributed by atoms with van der Waals surface area (Å²) in [4.78, 5) is 9.25. The van der Waals surface area contributed by atoms with Crippen LogP contribution in [0.3, 0.4) is 0 Å². The van der Waals surface area contributed by atoms with Crippen LogP contribution >= 0.6 is 15.9 Å². The minimum atomic E-state index is -3.93. The quantitative estimate of drug-likeness (QED) is 0.204. The summed E-state index contributed by atoms with van der Waals surface area (Å²) in [6.07, 6.45) is 2.45. The Morgan fingerprint density at radius 3 is 2.50 bits per heavy atom. The van der Waals surface area contributed by atoms with Crippen LogP contribution in [-0.4, -0.2) is 76.7 Å². The summed E-state index contributed by atoms with van der Waals surface area (Å²) < 4.78 is 61.0. The number of benzene rings is 3. The van der Waals surface area contributed by atoms with E-state index in [0.29, 0.717) is 39.2 Å². The van der Waals surface area contributed by atoms with Crippen molar-refractivity contribution in [2.75, 3.05) is 58.2 Å². The first-order valence-electron chi connectivity index (χ1n) is 13.5. The summed E-state index contributed by atoms with van der Waals surface area (Å²) >= 11 is 3.24. The lowest BCUT2D eigenvalue weighted by Crippen LogP contribution is -2.44. The maximum absolute atomic E-state index is 15.1. The lowest BCUT2D eigenvalue weighted by atomic mass is 10.1. The van der Waals surface area contributed by atoms with Crippen LogP contribution in [0.1, 0.15) is 6.42 Å². The zero-order valence-electron chi connectivity index (χ0n) is 23.3. The average Bonchev–Trinajstić information content (AvgIpc) is 2.97. The fourth-order valence-electron chi connectivity index (χ4n) is 4.67. The first-order chi connectivity index (χ1) is 20.2. The topological polar surface area (TPSA) is 93.2 Å². The lowest BCUT2D eigenvalue weighted by molar-refractivity contribution is 0.145. The highest BCUT2D eigenvalue weighted by molar-refractivity contribution is 9.10. The number of ether oxygens (including phenoxy) is 3. The summed E-state index contributed by atoms with van der Waals surface area (Å²) in [6.45, 7) is 5.78. The number of sulfonamides is 1. The number of hydrogen-bond acceptors (Lipinski definition) is 8. The standard InChI is InChI=1S/C30H32BrFN4O5S/c1-35-13-15-36(16-14-35)12-5-17-40-29-20-25-22(19-28(29)39-2)26(10-11-33-25)41-27-9-8-21(18-24(27)32)34-42(37,38)30-7-4-3-6-23(30)31/h3-4,6-11,18-20,34H,5,12-17H2,1-2H3. The number of halogens is 2. The maximum atomic E-state index is 15.1. The predicted octanol–water partition coefficient (Wildman–Crippen LogP) is 5.75. The van der Waals surface area contributed by atoms with Crippen molar-refractivity contribution in [3.8, 4) is 23.0 Å². The molecule has 0 bridgehead atoms. The summed E-state index contributed by atoms with van der Waals surface area (Å²) in [6, 6.07) is 15.4. The number of piperazine rings is 1. The van der Waals surface area contributed by atoms with E-state index in [1.165, 1.54) is 18.2 Å². The zero-order chi connectivity index (χ0) is 29.7. The molecule has 1 N–H and O–H groups in total. The average molecular weight is 660 g/mol. The zero-order valence-corrected chi connectivity index (χ0v) is 25.8. The minimum Gasteiger partial charge on any atom is -0.493 e. The van der Waals surface area contributed by atoms with Crippen LogP contribution in [0.25, 0.3) is 10.9 Å². The normalized spacial score (nSPS) is 14.6. The first-order valence-corrected chi connectivity index (χ1v) is 15.8. The van der Waals surface area contributed by atoms with E-state index in [1.807, 2.05) is 0 Å². The Morgan fingerprint density at radius 2 is 1.76 bits per heavy atom. The Labute approximate surface area is 253 Å². The third-order valence-electron chi connectivity index (χ3n) is 6.99. The number of aromatic nitrogens is 1. The van der Waals surface area contributed by atoms with Crippen LogP contribution in [0.2, 0.25) is 0 Å². The summed E-state index contributed by atoms with van der Waals surface area (Å²) in [5.74, 6) is 0.632. The second kappa shape index (κ2) is 13.2. The van der Waals surface area contributed by atoms with E-state index in [1.54, 1.807) is 49.7 Å². The molecule has 0 amide bonds. The predicted molar refractivity (Wildman–Crippen MR) is 164 cm³/mol. The summed E-state index contributed by atoms with van der Waals surface area (Å²) in [5, 5.41) is 0.609.